The molecule has 1 saturated heterocycles. The van der Waals surface area contributed by atoms with Gasteiger partial charge in [0.25, 0.3) is 0 Å². The fraction of sp³-hybridized carbons (Fsp3) is 0.688. The standard InChI is InChI=1S/C16H26IN3O3/c1-21-12-10-20-8-6-19(7-9-20)5-2-11-22-16-4-3-15(13-18-16)14-23-17/h3-4,13H,2,5-12,14H2,1H3. The lowest BCUT2D eigenvalue weighted by Gasteiger charge is -2.34. The zero-order valence-corrected chi connectivity index (χ0v) is 15.9. The highest BCUT2D eigenvalue weighted by atomic mass is 127. The lowest BCUT2D eigenvalue weighted by atomic mass is 10.3. The van der Waals surface area contributed by atoms with Crippen LogP contribution in [0.2, 0.25) is 0 Å². The first-order chi connectivity index (χ1) is 11.3. The molecule has 0 amide bonds. The quantitative estimate of drug-likeness (QED) is 0.414. The molecule has 23 heavy (non-hydrogen) atoms. The van der Waals surface area contributed by atoms with E-state index in [1.807, 2.05) is 35.1 Å². The molecule has 2 heterocycles. The summed E-state index contributed by atoms with van der Waals surface area (Å²) < 4.78 is 15.9. The molecule has 0 atom stereocenters. The Balaban J connectivity index is 1.55. The van der Waals surface area contributed by atoms with E-state index in [2.05, 4.69) is 14.8 Å². The van der Waals surface area contributed by atoms with Crippen molar-refractivity contribution < 1.29 is 12.5 Å². The van der Waals surface area contributed by atoms with E-state index in [0.717, 1.165) is 57.9 Å². The highest BCUT2D eigenvalue weighted by Gasteiger charge is 2.15. The molecule has 0 spiro atoms. The van der Waals surface area contributed by atoms with Crippen LogP contribution in [0.5, 0.6) is 5.88 Å². The van der Waals surface area contributed by atoms with Gasteiger partial charge in [0.15, 0.2) is 0 Å². The van der Waals surface area contributed by atoms with Crippen LogP contribution in [-0.2, 0) is 14.4 Å². The highest BCUT2D eigenvalue weighted by molar-refractivity contribution is 14.1. The molecule has 0 aliphatic carbocycles. The maximum absolute atomic E-state index is 5.70. The largest absolute Gasteiger partial charge is 0.478 e. The van der Waals surface area contributed by atoms with Gasteiger partial charge in [-0.3, -0.25) is 4.90 Å². The molecule has 0 N–H and O–H groups in total. The third kappa shape index (κ3) is 7.30. The smallest absolute Gasteiger partial charge is 0.213 e. The van der Waals surface area contributed by atoms with E-state index in [1.54, 1.807) is 13.3 Å². The van der Waals surface area contributed by atoms with Gasteiger partial charge in [-0.15, -0.1) is 0 Å². The number of hydrogen-bond acceptors (Lipinski definition) is 6. The number of rotatable bonds is 10. The number of methoxy groups -OCH3 is 1. The zero-order chi connectivity index (χ0) is 16.3. The van der Waals surface area contributed by atoms with Crippen molar-refractivity contribution >= 4 is 23.0 Å². The monoisotopic (exact) mass is 435 g/mol. The van der Waals surface area contributed by atoms with Crippen molar-refractivity contribution in [2.45, 2.75) is 13.0 Å². The first-order valence-electron chi connectivity index (χ1n) is 8.06. The molecule has 2 rings (SSSR count). The summed E-state index contributed by atoms with van der Waals surface area (Å²) in [5.41, 5.74) is 1.05. The Kier molecular flexibility index (Phi) is 9.13. The molecule has 0 saturated carbocycles. The number of pyridine rings is 1. The van der Waals surface area contributed by atoms with Crippen LogP contribution in [0, 0.1) is 0 Å². The minimum absolute atomic E-state index is 0.574. The molecule has 1 aromatic heterocycles. The van der Waals surface area contributed by atoms with E-state index >= 15 is 0 Å². The predicted molar refractivity (Wildman–Crippen MR) is 97.9 cm³/mol. The molecule has 0 aromatic carbocycles. The summed E-state index contributed by atoms with van der Waals surface area (Å²) in [4.78, 5) is 9.24. The second-order valence-corrected chi connectivity index (χ2v) is 6.26. The van der Waals surface area contributed by atoms with E-state index in [-0.39, 0.29) is 0 Å². The second-order valence-electron chi connectivity index (χ2n) is 5.64. The highest BCUT2D eigenvalue weighted by Crippen LogP contribution is 2.10. The number of piperazine rings is 1. The van der Waals surface area contributed by atoms with Gasteiger partial charge in [0, 0.05) is 58.6 Å². The number of halogens is 1. The average molecular weight is 435 g/mol. The van der Waals surface area contributed by atoms with E-state index in [1.165, 1.54) is 0 Å². The van der Waals surface area contributed by atoms with Gasteiger partial charge in [-0.2, -0.15) is 0 Å². The Labute approximate surface area is 152 Å². The molecule has 1 fully saturated rings. The molecule has 7 heteroatoms. The van der Waals surface area contributed by atoms with Gasteiger partial charge in [-0.1, -0.05) is 0 Å². The summed E-state index contributed by atoms with van der Waals surface area (Å²) in [6, 6.07) is 3.89. The maximum Gasteiger partial charge on any atom is 0.213 e. The summed E-state index contributed by atoms with van der Waals surface area (Å²) >= 11 is 1.88. The van der Waals surface area contributed by atoms with Crippen LogP contribution in [0.3, 0.4) is 0 Å². The van der Waals surface area contributed by atoms with Crippen molar-refractivity contribution in [1.29, 1.82) is 0 Å². The lowest BCUT2D eigenvalue weighted by molar-refractivity contribution is 0.0940. The fourth-order valence-corrected chi connectivity index (χ4v) is 2.93. The van der Waals surface area contributed by atoms with Gasteiger partial charge >= 0.3 is 0 Å². The van der Waals surface area contributed by atoms with Crippen molar-refractivity contribution in [3.05, 3.63) is 23.9 Å². The van der Waals surface area contributed by atoms with Gasteiger partial charge < -0.3 is 17.4 Å². The minimum Gasteiger partial charge on any atom is -0.478 e. The summed E-state index contributed by atoms with van der Waals surface area (Å²) in [7, 11) is 1.76. The van der Waals surface area contributed by atoms with Crippen LogP contribution in [0.15, 0.2) is 18.3 Å². The average Bonchev–Trinajstić information content (AvgIpc) is 2.59. The molecule has 0 unspecified atom stereocenters. The Bertz CT molecular complexity index is 425. The number of ether oxygens (including phenoxy) is 2. The van der Waals surface area contributed by atoms with Crippen molar-refractivity contribution in [3.8, 4) is 5.88 Å². The summed E-state index contributed by atoms with van der Waals surface area (Å²) in [5, 5.41) is 0. The normalized spacial score (nSPS) is 16.6. The van der Waals surface area contributed by atoms with Crippen LogP contribution in [0.25, 0.3) is 0 Å². The van der Waals surface area contributed by atoms with Gasteiger partial charge in [-0.25, -0.2) is 4.98 Å². The van der Waals surface area contributed by atoms with Crippen molar-refractivity contribution in [3.63, 3.8) is 0 Å². The lowest BCUT2D eigenvalue weighted by Crippen LogP contribution is -2.47. The van der Waals surface area contributed by atoms with Crippen molar-refractivity contribution in [2.75, 3.05) is 59.6 Å². The molecule has 0 radical (unpaired) electrons. The summed E-state index contributed by atoms with van der Waals surface area (Å²) in [6.07, 6.45) is 2.82. The van der Waals surface area contributed by atoms with Gasteiger partial charge in [0.05, 0.1) is 19.8 Å². The SMILES string of the molecule is COCCN1CCN(CCCOc2ccc(COI)cn2)CC1. The third-order valence-electron chi connectivity index (χ3n) is 3.96. The Hall–Kier alpha value is -0.480. The van der Waals surface area contributed by atoms with Crippen molar-refractivity contribution in [1.82, 2.24) is 14.8 Å². The van der Waals surface area contributed by atoms with Crippen LogP contribution in [-0.4, -0.2) is 74.4 Å². The van der Waals surface area contributed by atoms with Crippen LogP contribution in [0.1, 0.15) is 12.0 Å². The molecule has 0 bridgehead atoms. The molecule has 1 aliphatic heterocycles. The summed E-state index contributed by atoms with van der Waals surface area (Å²) in [5.74, 6) is 0.687. The first kappa shape index (κ1) is 18.9. The first-order valence-corrected chi connectivity index (χ1v) is 8.95. The minimum atomic E-state index is 0.574. The topological polar surface area (TPSA) is 47.1 Å². The zero-order valence-electron chi connectivity index (χ0n) is 13.7. The van der Waals surface area contributed by atoms with E-state index in [4.69, 9.17) is 12.5 Å². The van der Waals surface area contributed by atoms with Crippen LogP contribution in [0.4, 0.5) is 0 Å². The number of aromatic nitrogens is 1. The van der Waals surface area contributed by atoms with E-state index < -0.39 is 0 Å². The molecular formula is C16H26IN3O3. The Morgan fingerprint density at radius 2 is 1.83 bits per heavy atom. The number of nitrogens with zero attached hydrogens (tertiary/aromatic N) is 3. The van der Waals surface area contributed by atoms with Gasteiger partial charge in [0.1, 0.15) is 23.0 Å². The Morgan fingerprint density at radius 1 is 1.09 bits per heavy atom. The van der Waals surface area contributed by atoms with Crippen LogP contribution >= 0.6 is 23.0 Å². The third-order valence-corrected chi connectivity index (χ3v) is 4.28. The Morgan fingerprint density at radius 3 is 2.43 bits per heavy atom. The van der Waals surface area contributed by atoms with Crippen molar-refractivity contribution in [2.24, 2.45) is 0 Å². The van der Waals surface area contributed by atoms with E-state index in [0.29, 0.717) is 19.1 Å². The molecule has 1 aliphatic rings. The molecule has 1 aromatic rings. The molecular weight excluding hydrogens is 409 g/mol. The summed E-state index contributed by atoms with van der Waals surface area (Å²) in [6.45, 7) is 8.75. The second kappa shape index (κ2) is 11.1. The van der Waals surface area contributed by atoms with Crippen LogP contribution < -0.4 is 4.74 Å². The number of hydrogen-bond donors (Lipinski definition) is 0. The maximum atomic E-state index is 5.70. The van der Waals surface area contributed by atoms with Gasteiger partial charge in [0.2, 0.25) is 5.88 Å². The van der Waals surface area contributed by atoms with E-state index in [9.17, 15) is 0 Å². The van der Waals surface area contributed by atoms with Gasteiger partial charge in [-0.05, 0) is 18.1 Å². The fourth-order valence-electron chi connectivity index (χ4n) is 2.57. The predicted octanol–water partition coefficient (Wildman–Crippen LogP) is 1.98. The molecule has 6 nitrogen and oxygen atoms in total. The molecule has 130 valence electrons.